The fourth-order valence-corrected chi connectivity index (χ4v) is 2.57. The molecule has 0 aliphatic heterocycles. The third-order valence-corrected chi connectivity index (χ3v) is 3.87. The number of aromatic hydroxyl groups is 1. The minimum Gasteiger partial charge on any atom is -0.505 e. The van der Waals surface area contributed by atoms with E-state index in [1.807, 2.05) is 6.07 Å². The van der Waals surface area contributed by atoms with Crippen LogP contribution in [0.4, 0.5) is 11.5 Å². The number of fused-ring (bicyclic) bond motifs is 1. The maximum atomic E-state index is 11.9. The van der Waals surface area contributed by atoms with Crippen LogP contribution in [-0.4, -0.2) is 10.1 Å². The largest absolute Gasteiger partial charge is 0.505 e. The molecule has 0 saturated heterocycles. The second kappa shape index (κ2) is 5.77. The first-order chi connectivity index (χ1) is 10.1. The summed E-state index contributed by atoms with van der Waals surface area (Å²) < 4.78 is 6.12. The molecule has 0 spiro atoms. The predicted octanol–water partition coefficient (Wildman–Crippen LogP) is 2.82. The molecule has 1 aliphatic carbocycles. The molecule has 0 unspecified atom stereocenters. The number of nitrogens with zero attached hydrogens (tertiary/aromatic N) is 1. The van der Waals surface area contributed by atoms with Crippen molar-refractivity contribution in [3.63, 3.8) is 0 Å². The summed E-state index contributed by atoms with van der Waals surface area (Å²) in [6, 6.07) is 3.54. The number of nitrogens with one attached hydrogen (secondary N) is 2. The van der Waals surface area contributed by atoms with Gasteiger partial charge in [-0.05, 0) is 47.3 Å². The Hall–Kier alpha value is -2.02. The molecule has 110 valence electrons. The maximum absolute atomic E-state index is 11.9. The van der Waals surface area contributed by atoms with Gasteiger partial charge < -0.3 is 9.52 Å². The number of pyridine rings is 1. The molecular formula is C14H14BrN3O3. The van der Waals surface area contributed by atoms with Gasteiger partial charge in [-0.25, -0.2) is 9.78 Å². The van der Waals surface area contributed by atoms with Crippen molar-refractivity contribution in [1.82, 2.24) is 4.98 Å². The molecule has 0 aromatic carbocycles. The fraction of sp³-hybridized carbons (Fsp3) is 0.286. The topological polar surface area (TPSA) is 87.4 Å². The van der Waals surface area contributed by atoms with Crippen LogP contribution in [-0.2, 0) is 12.8 Å². The molecule has 0 amide bonds. The molecule has 1 aliphatic rings. The highest BCUT2D eigenvalue weighted by Crippen LogP contribution is 2.32. The molecule has 0 saturated carbocycles. The minimum atomic E-state index is -0.585. The van der Waals surface area contributed by atoms with Crippen molar-refractivity contribution >= 4 is 27.4 Å². The Kier molecular flexibility index (Phi) is 3.83. The van der Waals surface area contributed by atoms with Crippen LogP contribution in [0.5, 0.6) is 5.75 Å². The quantitative estimate of drug-likeness (QED) is 0.737. The Morgan fingerprint density at radius 2 is 2.05 bits per heavy atom. The molecule has 21 heavy (non-hydrogen) atoms. The standard InChI is InChI=1S/C14H14BrN3O3/c15-8-5-6-11(16-7-8)17-18-12-13(19)9-3-1-2-4-10(9)21-14(12)20/h5-7,18-19H,1-4H2,(H,16,17). The first kappa shape index (κ1) is 13.9. The third-order valence-electron chi connectivity index (χ3n) is 3.40. The summed E-state index contributed by atoms with van der Waals surface area (Å²) in [7, 11) is 0. The number of halogens is 1. The van der Waals surface area contributed by atoms with E-state index < -0.39 is 5.63 Å². The van der Waals surface area contributed by atoms with Gasteiger partial charge in [-0.3, -0.25) is 10.9 Å². The smallest absolute Gasteiger partial charge is 0.365 e. The Labute approximate surface area is 129 Å². The van der Waals surface area contributed by atoms with E-state index in [2.05, 4.69) is 31.8 Å². The number of hydrogen-bond acceptors (Lipinski definition) is 6. The van der Waals surface area contributed by atoms with Gasteiger partial charge in [0.05, 0.1) is 0 Å². The van der Waals surface area contributed by atoms with Crippen LogP contribution in [0.1, 0.15) is 24.2 Å². The molecular weight excluding hydrogens is 338 g/mol. The van der Waals surface area contributed by atoms with Crippen molar-refractivity contribution in [3.05, 3.63) is 44.5 Å². The Morgan fingerprint density at radius 1 is 1.24 bits per heavy atom. The van der Waals surface area contributed by atoms with E-state index in [0.29, 0.717) is 23.6 Å². The van der Waals surface area contributed by atoms with Crippen LogP contribution in [0.2, 0.25) is 0 Å². The summed E-state index contributed by atoms with van der Waals surface area (Å²) in [6.07, 6.45) is 4.99. The minimum absolute atomic E-state index is 0.0142. The van der Waals surface area contributed by atoms with Crippen LogP contribution >= 0.6 is 15.9 Å². The van der Waals surface area contributed by atoms with Gasteiger partial charge in [-0.1, -0.05) is 0 Å². The van der Waals surface area contributed by atoms with E-state index in [9.17, 15) is 9.90 Å². The zero-order valence-electron chi connectivity index (χ0n) is 11.1. The van der Waals surface area contributed by atoms with Crippen molar-refractivity contribution in [2.45, 2.75) is 25.7 Å². The van der Waals surface area contributed by atoms with Crippen LogP contribution in [0, 0.1) is 0 Å². The van der Waals surface area contributed by atoms with Gasteiger partial charge in [0.1, 0.15) is 11.6 Å². The molecule has 6 nitrogen and oxygen atoms in total. The summed E-state index contributed by atoms with van der Waals surface area (Å²) in [4.78, 5) is 16.0. The van der Waals surface area contributed by atoms with Gasteiger partial charge in [-0.2, -0.15) is 0 Å². The van der Waals surface area contributed by atoms with E-state index in [1.54, 1.807) is 12.3 Å². The highest BCUT2D eigenvalue weighted by atomic mass is 79.9. The zero-order valence-corrected chi connectivity index (χ0v) is 12.7. The molecule has 0 bridgehead atoms. The molecule has 0 radical (unpaired) electrons. The van der Waals surface area contributed by atoms with Gasteiger partial charge in [0.15, 0.2) is 11.4 Å². The summed E-state index contributed by atoms with van der Waals surface area (Å²) >= 11 is 3.29. The molecule has 7 heteroatoms. The number of aryl methyl sites for hydroxylation is 1. The Balaban J connectivity index is 1.85. The SMILES string of the molecule is O=c1oc2c(c(O)c1NNc1ccc(Br)cn1)CCCC2. The normalized spacial score (nSPS) is 13.6. The molecule has 0 fully saturated rings. The lowest BCUT2D eigenvalue weighted by molar-refractivity contribution is 0.397. The highest BCUT2D eigenvalue weighted by Gasteiger charge is 2.21. The van der Waals surface area contributed by atoms with Gasteiger partial charge in [0.2, 0.25) is 0 Å². The fourth-order valence-electron chi connectivity index (χ4n) is 2.34. The number of anilines is 2. The molecule has 3 rings (SSSR count). The van der Waals surface area contributed by atoms with Crippen LogP contribution in [0.3, 0.4) is 0 Å². The van der Waals surface area contributed by atoms with Crippen molar-refractivity contribution in [3.8, 4) is 5.75 Å². The van der Waals surface area contributed by atoms with Gasteiger partial charge >= 0.3 is 5.63 Å². The van der Waals surface area contributed by atoms with Gasteiger partial charge in [0, 0.05) is 22.7 Å². The number of hydrogen-bond donors (Lipinski definition) is 3. The van der Waals surface area contributed by atoms with Gasteiger partial charge in [-0.15, -0.1) is 0 Å². The molecule has 2 heterocycles. The van der Waals surface area contributed by atoms with E-state index >= 15 is 0 Å². The Morgan fingerprint density at radius 3 is 2.81 bits per heavy atom. The van der Waals surface area contributed by atoms with E-state index in [0.717, 1.165) is 23.7 Å². The predicted molar refractivity (Wildman–Crippen MR) is 82.5 cm³/mol. The van der Waals surface area contributed by atoms with Crippen LogP contribution < -0.4 is 16.5 Å². The monoisotopic (exact) mass is 351 g/mol. The average Bonchev–Trinajstić information content (AvgIpc) is 2.49. The third kappa shape index (κ3) is 2.87. The van der Waals surface area contributed by atoms with Crippen molar-refractivity contribution in [2.75, 3.05) is 10.9 Å². The first-order valence-corrected chi connectivity index (χ1v) is 7.46. The second-order valence-electron chi connectivity index (χ2n) is 4.83. The van der Waals surface area contributed by atoms with Crippen LogP contribution in [0.25, 0.3) is 0 Å². The molecule has 2 aromatic rings. The number of aromatic nitrogens is 1. The lowest BCUT2D eigenvalue weighted by Gasteiger charge is -2.17. The lowest BCUT2D eigenvalue weighted by atomic mass is 9.96. The van der Waals surface area contributed by atoms with Crippen molar-refractivity contribution in [1.29, 1.82) is 0 Å². The maximum Gasteiger partial charge on any atom is 0.365 e. The molecule has 2 aromatic heterocycles. The molecule has 0 atom stereocenters. The van der Waals surface area contributed by atoms with Crippen LogP contribution in [0.15, 0.2) is 32.0 Å². The van der Waals surface area contributed by atoms with E-state index in [1.165, 1.54) is 0 Å². The number of rotatable bonds is 3. The van der Waals surface area contributed by atoms with Gasteiger partial charge in [0.25, 0.3) is 0 Å². The summed E-state index contributed by atoms with van der Waals surface area (Å²) in [5, 5.41) is 10.2. The summed E-state index contributed by atoms with van der Waals surface area (Å²) in [5.74, 6) is 1.08. The molecule has 3 N–H and O–H groups in total. The summed E-state index contributed by atoms with van der Waals surface area (Å²) in [5.41, 5.74) is 5.60. The Bertz CT molecular complexity index is 713. The summed E-state index contributed by atoms with van der Waals surface area (Å²) in [6.45, 7) is 0. The zero-order chi connectivity index (χ0) is 14.8. The highest BCUT2D eigenvalue weighted by molar-refractivity contribution is 9.10. The second-order valence-corrected chi connectivity index (χ2v) is 5.75. The average molecular weight is 352 g/mol. The first-order valence-electron chi connectivity index (χ1n) is 6.66. The van der Waals surface area contributed by atoms with E-state index in [4.69, 9.17) is 4.42 Å². The van der Waals surface area contributed by atoms with Crippen molar-refractivity contribution in [2.24, 2.45) is 0 Å². The van der Waals surface area contributed by atoms with E-state index in [-0.39, 0.29) is 11.4 Å². The number of hydrazine groups is 1. The van der Waals surface area contributed by atoms with Crippen molar-refractivity contribution < 1.29 is 9.52 Å². The lowest BCUT2D eigenvalue weighted by Crippen LogP contribution is -2.19.